The molecule has 1 heterocycles. The summed E-state index contributed by atoms with van der Waals surface area (Å²) in [5.74, 6) is -0.565. The van der Waals surface area contributed by atoms with Crippen LogP contribution in [0.4, 0.5) is 4.39 Å². The molecular formula is C25H31FN2O2S. The van der Waals surface area contributed by atoms with E-state index in [-0.39, 0.29) is 27.9 Å². The summed E-state index contributed by atoms with van der Waals surface area (Å²) in [6.07, 6.45) is 0. The van der Waals surface area contributed by atoms with Gasteiger partial charge < -0.3 is 9.80 Å². The summed E-state index contributed by atoms with van der Waals surface area (Å²) in [6.45, 7) is 11.7. The van der Waals surface area contributed by atoms with Gasteiger partial charge in [-0.2, -0.15) is 0 Å². The molecule has 1 saturated heterocycles. The second kappa shape index (κ2) is 9.43. The molecule has 0 N–H and O–H groups in total. The third-order valence-corrected chi connectivity index (χ3v) is 7.05. The highest BCUT2D eigenvalue weighted by molar-refractivity contribution is 8.01. The van der Waals surface area contributed by atoms with Crippen molar-refractivity contribution in [1.82, 2.24) is 9.80 Å². The number of carbonyl (C=O) groups is 2. The van der Waals surface area contributed by atoms with E-state index in [1.54, 1.807) is 22.7 Å². The van der Waals surface area contributed by atoms with Crippen molar-refractivity contribution >= 4 is 23.6 Å². The summed E-state index contributed by atoms with van der Waals surface area (Å²) < 4.78 is 13.5. The summed E-state index contributed by atoms with van der Waals surface area (Å²) >= 11 is 1.64. The van der Waals surface area contributed by atoms with Gasteiger partial charge in [0, 0.05) is 25.2 Å². The molecule has 4 nitrogen and oxygen atoms in total. The van der Waals surface area contributed by atoms with Gasteiger partial charge in [0.15, 0.2) is 0 Å². The van der Waals surface area contributed by atoms with Gasteiger partial charge in [-0.15, -0.1) is 11.8 Å². The van der Waals surface area contributed by atoms with Crippen molar-refractivity contribution in [3.8, 4) is 0 Å². The Morgan fingerprint density at radius 3 is 2.42 bits per heavy atom. The van der Waals surface area contributed by atoms with E-state index < -0.39 is 5.82 Å². The van der Waals surface area contributed by atoms with Crippen LogP contribution in [-0.2, 0) is 10.2 Å². The highest BCUT2D eigenvalue weighted by Crippen LogP contribution is 2.43. The number of thioether (sulfide) groups is 1. The summed E-state index contributed by atoms with van der Waals surface area (Å²) in [6, 6.07) is 14.2. The van der Waals surface area contributed by atoms with E-state index in [1.165, 1.54) is 23.8 Å². The van der Waals surface area contributed by atoms with Gasteiger partial charge in [-0.3, -0.25) is 9.59 Å². The van der Waals surface area contributed by atoms with Crippen molar-refractivity contribution in [3.05, 3.63) is 71.0 Å². The number of rotatable bonds is 6. The van der Waals surface area contributed by atoms with Gasteiger partial charge in [0.1, 0.15) is 11.2 Å². The number of halogens is 1. The Bertz CT molecular complexity index is 939. The lowest BCUT2D eigenvalue weighted by molar-refractivity contribution is -0.130. The number of carbonyl (C=O) groups excluding carboxylic acids is 2. The average Bonchev–Trinajstić information content (AvgIpc) is 3.02. The molecule has 1 fully saturated rings. The molecule has 1 aliphatic heterocycles. The molecule has 166 valence electrons. The standard InChI is InChI=1S/C25H31FN2O2S/c1-6-27(23(30)19-8-7-9-21(26)16-19)14-15-28-22(29)17(2)31-24(28)18-10-12-20(13-11-18)25(3,4)5/h7-13,16-17,24H,6,14-15H2,1-5H3. The minimum absolute atomic E-state index is 0.0699. The minimum Gasteiger partial charge on any atom is -0.337 e. The second-order valence-corrected chi connectivity index (χ2v) is 10.4. The normalized spacial score (nSPS) is 19.0. The van der Waals surface area contributed by atoms with Crippen LogP contribution in [-0.4, -0.2) is 46.5 Å². The van der Waals surface area contributed by atoms with Gasteiger partial charge in [-0.05, 0) is 48.6 Å². The number of nitrogens with zero attached hydrogens (tertiary/aromatic N) is 2. The van der Waals surface area contributed by atoms with Crippen LogP contribution in [0.15, 0.2) is 48.5 Å². The topological polar surface area (TPSA) is 40.6 Å². The second-order valence-electron chi connectivity index (χ2n) is 8.93. The smallest absolute Gasteiger partial charge is 0.254 e. The Labute approximate surface area is 188 Å². The zero-order valence-corrected chi connectivity index (χ0v) is 19.7. The largest absolute Gasteiger partial charge is 0.337 e. The Morgan fingerprint density at radius 1 is 1.16 bits per heavy atom. The molecular weight excluding hydrogens is 411 g/mol. The number of hydrogen-bond donors (Lipinski definition) is 0. The van der Waals surface area contributed by atoms with Gasteiger partial charge in [0.2, 0.25) is 5.91 Å². The van der Waals surface area contributed by atoms with Crippen molar-refractivity contribution in [1.29, 1.82) is 0 Å². The van der Waals surface area contributed by atoms with Crippen molar-refractivity contribution in [2.45, 2.75) is 50.7 Å². The van der Waals surface area contributed by atoms with Crippen molar-refractivity contribution in [2.75, 3.05) is 19.6 Å². The lowest BCUT2D eigenvalue weighted by atomic mass is 9.86. The summed E-state index contributed by atoms with van der Waals surface area (Å²) in [4.78, 5) is 29.2. The highest BCUT2D eigenvalue weighted by atomic mass is 32.2. The van der Waals surface area contributed by atoms with Gasteiger partial charge in [0.25, 0.3) is 5.91 Å². The quantitative estimate of drug-likeness (QED) is 0.614. The molecule has 2 atom stereocenters. The van der Waals surface area contributed by atoms with E-state index in [9.17, 15) is 14.0 Å². The molecule has 3 rings (SSSR count). The fourth-order valence-electron chi connectivity index (χ4n) is 3.74. The minimum atomic E-state index is -0.430. The first-order valence-corrected chi connectivity index (χ1v) is 11.7. The molecule has 2 unspecified atom stereocenters. The zero-order valence-electron chi connectivity index (χ0n) is 18.9. The Hall–Kier alpha value is -2.34. The van der Waals surface area contributed by atoms with Crippen LogP contribution in [0.2, 0.25) is 0 Å². The maximum Gasteiger partial charge on any atom is 0.254 e. The number of benzene rings is 2. The molecule has 6 heteroatoms. The fraction of sp³-hybridized carbons (Fsp3) is 0.440. The lowest BCUT2D eigenvalue weighted by Gasteiger charge is -2.29. The van der Waals surface area contributed by atoms with E-state index >= 15 is 0 Å². The van der Waals surface area contributed by atoms with E-state index in [1.807, 2.05) is 18.7 Å². The van der Waals surface area contributed by atoms with Crippen LogP contribution in [0, 0.1) is 5.82 Å². The monoisotopic (exact) mass is 442 g/mol. The van der Waals surface area contributed by atoms with Crippen LogP contribution in [0.3, 0.4) is 0 Å². The van der Waals surface area contributed by atoms with Crippen LogP contribution in [0.25, 0.3) is 0 Å². The van der Waals surface area contributed by atoms with Crippen molar-refractivity contribution in [3.63, 3.8) is 0 Å². The van der Waals surface area contributed by atoms with Crippen molar-refractivity contribution in [2.24, 2.45) is 0 Å². The maximum absolute atomic E-state index is 13.5. The molecule has 31 heavy (non-hydrogen) atoms. The first kappa shape index (κ1) is 23.3. The number of amides is 2. The van der Waals surface area contributed by atoms with E-state index in [0.717, 1.165) is 5.56 Å². The Morgan fingerprint density at radius 2 is 1.84 bits per heavy atom. The molecule has 2 aromatic carbocycles. The molecule has 0 bridgehead atoms. The van der Waals surface area contributed by atoms with Crippen LogP contribution in [0.5, 0.6) is 0 Å². The highest BCUT2D eigenvalue weighted by Gasteiger charge is 2.38. The van der Waals surface area contributed by atoms with E-state index in [0.29, 0.717) is 25.2 Å². The molecule has 0 aliphatic carbocycles. The number of likely N-dealkylation sites (N-methyl/N-ethyl adjacent to an activating group) is 1. The molecule has 0 saturated carbocycles. The molecule has 2 amide bonds. The molecule has 0 radical (unpaired) electrons. The maximum atomic E-state index is 13.5. The van der Waals surface area contributed by atoms with E-state index in [4.69, 9.17) is 0 Å². The van der Waals surface area contributed by atoms with Crippen LogP contribution >= 0.6 is 11.8 Å². The molecule has 0 aromatic heterocycles. The van der Waals surface area contributed by atoms with E-state index in [2.05, 4.69) is 45.0 Å². The van der Waals surface area contributed by atoms with Gasteiger partial charge in [-0.1, -0.05) is 51.1 Å². The first-order valence-electron chi connectivity index (χ1n) is 10.7. The summed E-state index contributed by atoms with van der Waals surface area (Å²) in [5.41, 5.74) is 2.74. The van der Waals surface area contributed by atoms with Crippen LogP contribution in [0.1, 0.15) is 61.5 Å². The Kier molecular flexibility index (Phi) is 7.10. The summed E-state index contributed by atoms with van der Waals surface area (Å²) in [7, 11) is 0. The predicted molar refractivity (Wildman–Crippen MR) is 125 cm³/mol. The fourth-order valence-corrected chi connectivity index (χ4v) is 5.05. The van der Waals surface area contributed by atoms with Gasteiger partial charge >= 0.3 is 0 Å². The average molecular weight is 443 g/mol. The lowest BCUT2D eigenvalue weighted by Crippen LogP contribution is -2.40. The van der Waals surface area contributed by atoms with Crippen molar-refractivity contribution < 1.29 is 14.0 Å². The molecule has 2 aromatic rings. The predicted octanol–water partition coefficient (Wildman–Crippen LogP) is 5.25. The molecule has 0 spiro atoms. The van der Waals surface area contributed by atoms with Crippen LogP contribution < -0.4 is 0 Å². The van der Waals surface area contributed by atoms with Gasteiger partial charge in [0.05, 0.1) is 5.25 Å². The third kappa shape index (κ3) is 5.29. The number of hydrogen-bond acceptors (Lipinski definition) is 3. The molecule has 1 aliphatic rings. The zero-order chi connectivity index (χ0) is 22.8. The van der Waals surface area contributed by atoms with Gasteiger partial charge in [-0.25, -0.2) is 4.39 Å². The Balaban J connectivity index is 1.74. The summed E-state index contributed by atoms with van der Waals surface area (Å²) in [5, 5.41) is -0.194. The first-order chi connectivity index (χ1) is 14.6. The third-order valence-electron chi connectivity index (χ3n) is 5.66. The SMILES string of the molecule is CCN(CCN1C(=O)C(C)SC1c1ccc(C(C)(C)C)cc1)C(=O)c1cccc(F)c1.